The fourth-order valence-corrected chi connectivity index (χ4v) is 3.15. The summed E-state index contributed by atoms with van der Waals surface area (Å²) in [6, 6.07) is 8.11. The largest absolute Gasteiger partial charge is 0.382 e. The molecule has 1 aliphatic heterocycles. The van der Waals surface area contributed by atoms with Crippen LogP contribution in [0.2, 0.25) is 5.02 Å². The molecule has 1 saturated heterocycles. The predicted molar refractivity (Wildman–Crippen MR) is 87.8 cm³/mol. The molecule has 2 N–H and O–H groups in total. The number of nitrogens with zero attached hydrogens (tertiary/aromatic N) is 2. The Balaban J connectivity index is 1.78. The highest BCUT2D eigenvalue weighted by Gasteiger charge is 2.29. The van der Waals surface area contributed by atoms with Crippen molar-refractivity contribution in [2.45, 2.75) is 25.3 Å². The molecule has 1 amide bonds. The van der Waals surface area contributed by atoms with Gasteiger partial charge < -0.3 is 10.6 Å². The Kier molecular flexibility index (Phi) is 4.48. The fourth-order valence-electron chi connectivity index (χ4n) is 2.98. The zero-order valence-corrected chi connectivity index (χ0v) is 13.3. The Bertz CT molecular complexity index is 738. The van der Waals surface area contributed by atoms with Crippen LogP contribution in [0.15, 0.2) is 36.5 Å². The highest BCUT2D eigenvalue weighted by Crippen LogP contribution is 2.25. The van der Waals surface area contributed by atoms with E-state index < -0.39 is 0 Å². The minimum atomic E-state index is -0.257. The lowest BCUT2D eigenvalue weighted by Crippen LogP contribution is -2.36. The Morgan fingerprint density at radius 1 is 1.43 bits per heavy atom. The molecule has 1 aliphatic rings. The van der Waals surface area contributed by atoms with Crippen molar-refractivity contribution >= 4 is 23.3 Å². The lowest BCUT2D eigenvalue weighted by atomic mass is 10.0. The van der Waals surface area contributed by atoms with Gasteiger partial charge in [0.1, 0.15) is 11.6 Å². The number of hydrogen-bond acceptors (Lipinski definition) is 3. The van der Waals surface area contributed by atoms with Crippen LogP contribution in [-0.4, -0.2) is 28.4 Å². The highest BCUT2D eigenvalue weighted by atomic mass is 35.5. The number of nitrogen functional groups attached to an aromatic ring is 1. The molecule has 2 aromatic rings. The molecular formula is C17H17ClFN3O. The molecule has 4 nitrogen and oxygen atoms in total. The van der Waals surface area contributed by atoms with Crippen molar-refractivity contribution in [1.29, 1.82) is 0 Å². The maximum Gasteiger partial charge on any atom is 0.255 e. The number of pyridine rings is 1. The van der Waals surface area contributed by atoms with Crippen LogP contribution >= 0.6 is 11.6 Å². The fraction of sp³-hybridized carbons (Fsp3) is 0.294. The first-order valence-corrected chi connectivity index (χ1v) is 7.89. The summed E-state index contributed by atoms with van der Waals surface area (Å²) in [5, 5.41) is 0.275. The van der Waals surface area contributed by atoms with Crippen LogP contribution < -0.4 is 5.73 Å². The number of anilines is 1. The SMILES string of the molecule is Nc1ncc(C(=O)N2CCC[C@H]2Cc2cccc(F)c2)cc1Cl. The van der Waals surface area contributed by atoms with Crippen LogP contribution in [0.4, 0.5) is 10.2 Å². The molecule has 3 rings (SSSR count). The van der Waals surface area contributed by atoms with Gasteiger partial charge in [-0.2, -0.15) is 0 Å². The Morgan fingerprint density at radius 2 is 2.26 bits per heavy atom. The van der Waals surface area contributed by atoms with Gasteiger partial charge in [-0.3, -0.25) is 4.79 Å². The molecule has 1 aromatic heterocycles. The molecule has 23 heavy (non-hydrogen) atoms. The van der Waals surface area contributed by atoms with E-state index in [4.69, 9.17) is 17.3 Å². The summed E-state index contributed by atoms with van der Waals surface area (Å²) < 4.78 is 13.3. The van der Waals surface area contributed by atoms with Gasteiger partial charge in [-0.1, -0.05) is 23.7 Å². The van der Waals surface area contributed by atoms with Crippen LogP contribution in [0.1, 0.15) is 28.8 Å². The van der Waals surface area contributed by atoms with Gasteiger partial charge in [0.15, 0.2) is 0 Å². The minimum Gasteiger partial charge on any atom is -0.382 e. The van der Waals surface area contributed by atoms with Gasteiger partial charge in [0.2, 0.25) is 0 Å². The molecule has 0 radical (unpaired) electrons. The number of aromatic nitrogens is 1. The average molecular weight is 334 g/mol. The number of carbonyl (C=O) groups is 1. The summed E-state index contributed by atoms with van der Waals surface area (Å²) in [7, 11) is 0. The number of amides is 1. The molecule has 0 bridgehead atoms. The molecule has 0 aliphatic carbocycles. The number of nitrogens with two attached hydrogens (primary N) is 1. The Morgan fingerprint density at radius 3 is 3.00 bits per heavy atom. The van der Waals surface area contributed by atoms with E-state index in [9.17, 15) is 9.18 Å². The van der Waals surface area contributed by atoms with Gasteiger partial charge in [-0.15, -0.1) is 0 Å². The third kappa shape index (κ3) is 3.45. The van der Waals surface area contributed by atoms with Crippen molar-refractivity contribution in [2.24, 2.45) is 0 Å². The van der Waals surface area contributed by atoms with Crippen LogP contribution in [-0.2, 0) is 6.42 Å². The van der Waals surface area contributed by atoms with Crippen LogP contribution in [0.25, 0.3) is 0 Å². The lowest BCUT2D eigenvalue weighted by molar-refractivity contribution is 0.0736. The molecule has 0 saturated carbocycles. The maximum atomic E-state index is 13.3. The number of hydrogen-bond donors (Lipinski definition) is 1. The van der Waals surface area contributed by atoms with Crippen molar-refractivity contribution in [3.8, 4) is 0 Å². The molecule has 120 valence electrons. The summed E-state index contributed by atoms with van der Waals surface area (Å²) in [6.07, 6.45) is 3.92. The van der Waals surface area contributed by atoms with E-state index in [1.807, 2.05) is 11.0 Å². The lowest BCUT2D eigenvalue weighted by Gasteiger charge is -2.25. The van der Waals surface area contributed by atoms with E-state index in [1.54, 1.807) is 12.1 Å². The second-order valence-electron chi connectivity index (χ2n) is 5.72. The molecule has 1 atom stereocenters. The quantitative estimate of drug-likeness (QED) is 0.937. The first-order valence-electron chi connectivity index (χ1n) is 7.51. The van der Waals surface area contributed by atoms with Gasteiger partial charge in [0.25, 0.3) is 5.91 Å². The van der Waals surface area contributed by atoms with E-state index in [1.165, 1.54) is 18.3 Å². The van der Waals surface area contributed by atoms with Gasteiger partial charge in [0, 0.05) is 18.8 Å². The maximum absolute atomic E-state index is 13.3. The summed E-state index contributed by atoms with van der Waals surface area (Å²) in [5.41, 5.74) is 6.90. The Hall–Kier alpha value is -2.14. The van der Waals surface area contributed by atoms with E-state index in [2.05, 4.69) is 4.98 Å². The molecule has 0 unspecified atom stereocenters. The van der Waals surface area contributed by atoms with Crippen LogP contribution in [0, 0.1) is 5.82 Å². The average Bonchev–Trinajstić information content (AvgIpc) is 2.97. The third-order valence-corrected chi connectivity index (χ3v) is 4.42. The number of likely N-dealkylation sites (tertiary alicyclic amines) is 1. The number of carbonyl (C=O) groups excluding carboxylic acids is 1. The highest BCUT2D eigenvalue weighted by molar-refractivity contribution is 6.33. The standard InChI is InChI=1S/C17H17ClFN3O/c18-15-9-12(10-21-16(15)20)17(23)22-6-2-5-14(22)8-11-3-1-4-13(19)7-11/h1,3-4,7,9-10,14H,2,5-6,8H2,(H2,20,21)/t14-/m0/s1. The van der Waals surface area contributed by atoms with Crippen molar-refractivity contribution in [3.05, 3.63) is 58.5 Å². The predicted octanol–water partition coefficient (Wildman–Crippen LogP) is 3.30. The molecule has 0 spiro atoms. The second-order valence-corrected chi connectivity index (χ2v) is 6.13. The summed E-state index contributed by atoms with van der Waals surface area (Å²) in [4.78, 5) is 18.4. The van der Waals surface area contributed by atoms with E-state index in [0.717, 1.165) is 18.4 Å². The van der Waals surface area contributed by atoms with Crippen molar-refractivity contribution in [1.82, 2.24) is 9.88 Å². The number of rotatable bonds is 3. The molecular weight excluding hydrogens is 317 g/mol. The monoisotopic (exact) mass is 333 g/mol. The summed E-state index contributed by atoms with van der Waals surface area (Å²) in [5.74, 6) is -0.160. The number of halogens is 2. The molecule has 2 heterocycles. The zero-order valence-electron chi connectivity index (χ0n) is 12.5. The van der Waals surface area contributed by atoms with Gasteiger partial charge in [-0.05, 0) is 43.0 Å². The summed E-state index contributed by atoms with van der Waals surface area (Å²) in [6.45, 7) is 0.681. The summed E-state index contributed by atoms with van der Waals surface area (Å²) >= 11 is 5.95. The Labute approximate surface area is 139 Å². The zero-order chi connectivity index (χ0) is 16.4. The van der Waals surface area contributed by atoms with Crippen molar-refractivity contribution in [2.75, 3.05) is 12.3 Å². The van der Waals surface area contributed by atoms with Gasteiger partial charge >= 0.3 is 0 Å². The van der Waals surface area contributed by atoms with Gasteiger partial charge in [0.05, 0.1) is 10.6 Å². The van der Waals surface area contributed by atoms with Crippen LogP contribution in [0.5, 0.6) is 0 Å². The van der Waals surface area contributed by atoms with E-state index in [-0.39, 0.29) is 28.6 Å². The first-order chi connectivity index (χ1) is 11.0. The van der Waals surface area contributed by atoms with Crippen molar-refractivity contribution in [3.63, 3.8) is 0 Å². The third-order valence-electron chi connectivity index (χ3n) is 4.11. The molecule has 6 heteroatoms. The van der Waals surface area contributed by atoms with E-state index in [0.29, 0.717) is 18.5 Å². The topological polar surface area (TPSA) is 59.2 Å². The second kappa shape index (κ2) is 6.54. The molecule has 1 aromatic carbocycles. The van der Waals surface area contributed by atoms with Crippen molar-refractivity contribution < 1.29 is 9.18 Å². The number of benzene rings is 1. The smallest absolute Gasteiger partial charge is 0.255 e. The van der Waals surface area contributed by atoms with Gasteiger partial charge in [-0.25, -0.2) is 9.37 Å². The normalized spacial score (nSPS) is 17.5. The van der Waals surface area contributed by atoms with E-state index >= 15 is 0 Å². The minimum absolute atomic E-state index is 0.0561. The molecule has 1 fully saturated rings. The first kappa shape index (κ1) is 15.7. The van der Waals surface area contributed by atoms with Crippen LogP contribution in [0.3, 0.4) is 0 Å².